The van der Waals surface area contributed by atoms with E-state index < -0.39 is 12.5 Å². The number of nitrogens with one attached hydrogen (secondary N) is 1. The summed E-state index contributed by atoms with van der Waals surface area (Å²) in [5.41, 5.74) is 0.731. The Morgan fingerprint density at radius 2 is 2.21 bits per heavy atom. The topological polar surface area (TPSA) is 58.0 Å². The molecule has 14 heavy (non-hydrogen) atoms. The number of aryl methyl sites for hydroxylation is 1. The van der Waals surface area contributed by atoms with Crippen LogP contribution in [0.15, 0.2) is 12.4 Å². The van der Waals surface area contributed by atoms with E-state index in [2.05, 4.69) is 15.3 Å². The highest BCUT2D eigenvalue weighted by Crippen LogP contribution is 2.05. The minimum absolute atomic E-state index is 0.228. The van der Waals surface area contributed by atoms with E-state index in [1.807, 2.05) is 0 Å². The van der Waals surface area contributed by atoms with E-state index in [-0.39, 0.29) is 6.54 Å². The highest BCUT2D eigenvalue weighted by Gasteiger charge is 2.16. The van der Waals surface area contributed by atoms with Crippen LogP contribution in [-0.2, 0) is 0 Å². The number of aromatic nitrogens is 2. The lowest BCUT2D eigenvalue weighted by atomic mass is 10.3. The number of aliphatic hydroxyl groups excluding tert-OH is 1. The Bertz CT molecular complexity index is 296. The van der Waals surface area contributed by atoms with Crippen molar-refractivity contribution in [3.63, 3.8) is 0 Å². The van der Waals surface area contributed by atoms with Crippen LogP contribution < -0.4 is 5.32 Å². The number of aliphatic hydroxyl groups is 1. The second-order valence-electron chi connectivity index (χ2n) is 2.83. The molecule has 1 aromatic heterocycles. The van der Waals surface area contributed by atoms with Gasteiger partial charge in [-0.3, -0.25) is 0 Å². The van der Waals surface area contributed by atoms with Crippen molar-refractivity contribution in [2.24, 2.45) is 0 Å². The molecule has 1 heterocycles. The predicted octanol–water partition coefficient (Wildman–Crippen LogP) is 0.823. The van der Waals surface area contributed by atoms with Gasteiger partial charge in [0.15, 0.2) is 0 Å². The third kappa shape index (κ3) is 3.21. The first-order valence-corrected chi connectivity index (χ1v) is 4.08. The summed E-state index contributed by atoms with van der Waals surface area (Å²) >= 11 is 0. The van der Waals surface area contributed by atoms with Crippen LogP contribution in [0.25, 0.3) is 0 Å². The van der Waals surface area contributed by atoms with Gasteiger partial charge in [-0.1, -0.05) is 0 Å². The van der Waals surface area contributed by atoms with Crippen molar-refractivity contribution in [2.45, 2.75) is 19.5 Å². The van der Waals surface area contributed by atoms with Gasteiger partial charge in [0.1, 0.15) is 18.2 Å². The summed E-state index contributed by atoms with van der Waals surface area (Å²) in [6.45, 7) is 1.53. The van der Waals surface area contributed by atoms with Gasteiger partial charge in [-0.05, 0) is 6.92 Å². The van der Waals surface area contributed by atoms with E-state index >= 15 is 0 Å². The van der Waals surface area contributed by atoms with Gasteiger partial charge in [0.25, 0.3) is 6.43 Å². The molecule has 0 fully saturated rings. The molecule has 1 rings (SSSR count). The molecule has 0 amide bonds. The molecule has 0 bridgehead atoms. The zero-order valence-electron chi connectivity index (χ0n) is 7.61. The summed E-state index contributed by atoms with van der Waals surface area (Å²) in [6, 6.07) is 1.61. The lowest BCUT2D eigenvalue weighted by Crippen LogP contribution is -2.27. The van der Waals surface area contributed by atoms with Gasteiger partial charge in [0.2, 0.25) is 0 Å². The second kappa shape index (κ2) is 4.80. The Hall–Kier alpha value is -1.30. The average Bonchev–Trinajstić information content (AvgIpc) is 2.14. The van der Waals surface area contributed by atoms with Gasteiger partial charge in [0, 0.05) is 18.3 Å². The van der Waals surface area contributed by atoms with E-state index in [0.29, 0.717) is 5.82 Å². The van der Waals surface area contributed by atoms with Crippen molar-refractivity contribution in [1.29, 1.82) is 0 Å². The Morgan fingerprint density at radius 3 is 2.79 bits per heavy atom. The zero-order chi connectivity index (χ0) is 10.6. The van der Waals surface area contributed by atoms with Crippen LogP contribution in [-0.4, -0.2) is 34.1 Å². The molecule has 0 saturated heterocycles. The summed E-state index contributed by atoms with van der Waals surface area (Å²) in [5, 5.41) is 11.4. The van der Waals surface area contributed by atoms with E-state index in [1.165, 1.54) is 6.33 Å². The first-order chi connectivity index (χ1) is 6.59. The number of halogens is 2. The SMILES string of the molecule is Cc1cc(NCC(O)C(F)F)ncn1. The van der Waals surface area contributed by atoms with E-state index in [1.54, 1.807) is 13.0 Å². The number of anilines is 1. The summed E-state index contributed by atoms with van der Waals surface area (Å²) in [5.74, 6) is 0.428. The Balaban J connectivity index is 2.45. The molecule has 0 aromatic carbocycles. The molecule has 0 saturated carbocycles. The highest BCUT2D eigenvalue weighted by atomic mass is 19.3. The van der Waals surface area contributed by atoms with Crippen molar-refractivity contribution >= 4 is 5.82 Å². The molecular formula is C8H11F2N3O. The van der Waals surface area contributed by atoms with Crippen molar-refractivity contribution in [3.8, 4) is 0 Å². The molecule has 0 radical (unpaired) electrons. The molecule has 0 aliphatic carbocycles. The molecule has 0 spiro atoms. The fourth-order valence-electron chi connectivity index (χ4n) is 0.849. The van der Waals surface area contributed by atoms with Gasteiger partial charge in [-0.15, -0.1) is 0 Å². The number of hydrogen-bond acceptors (Lipinski definition) is 4. The lowest BCUT2D eigenvalue weighted by Gasteiger charge is -2.10. The van der Waals surface area contributed by atoms with Gasteiger partial charge in [-0.25, -0.2) is 18.7 Å². The highest BCUT2D eigenvalue weighted by molar-refractivity contribution is 5.34. The van der Waals surface area contributed by atoms with Gasteiger partial charge in [-0.2, -0.15) is 0 Å². The number of alkyl halides is 2. The monoisotopic (exact) mass is 203 g/mol. The minimum Gasteiger partial charge on any atom is -0.385 e. The fourth-order valence-corrected chi connectivity index (χ4v) is 0.849. The largest absolute Gasteiger partial charge is 0.385 e. The Labute approximate surface area is 80.0 Å². The van der Waals surface area contributed by atoms with Crippen LogP contribution >= 0.6 is 0 Å². The van der Waals surface area contributed by atoms with Crippen LogP contribution in [0.3, 0.4) is 0 Å². The van der Waals surface area contributed by atoms with Crippen molar-refractivity contribution < 1.29 is 13.9 Å². The average molecular weight is 203 g/mol. The van der Waals surface area contributed by atoms with E-state index in [0.717, 1.165) is 5.69 Å². The molecule has 1 atom stereocenters. The van der Waals surface area contributed by atoms with Gasteiger partial charge >= 0.3 is 0 Å². The maximum atomic E-state index is 11.9. The van der Waals surface area contributed by atoms with Crippen molar-refractivity contribution in [3.05, 3.63) is 18.1 Å². The third-order valence-electron chi connectivity index (χ3n) is 1.59. The quantitative estimate of drug-likeness (QED) is 0.760. The maximum Gasteiger partial charge on any atom is 0.265 e. The summed E-state index contributed by atoms with van der Waals surface area (Å²) in [6.07, 6.45) is -3.09. The van der Waals surface area contributed by atoms with E-state index in [9.17, 15) is 8.78 Å². The van der Waals surface area contributed by atoms with Crippen molar-refractivity contribution in [1.82, 2.24) is 9.97 Å². The molecule has 0 aliphatic rings. The first-order valence-electron chi connectivity index (χ1n) is 4.08. The normalized spacial score (nSPS) is 12.9. The molecule has 78 valence electrons. The molecule has 1 unspecified atom stereocenters. The first kappa shape index (κ1) is 10.8. The van der Waals surface area contributed by atoms with Crippen LogP contribution in [0.5, 0.6) is 0 Å². The molecule has 4 nitrogen and oxygen atoms in total. The van der Waals surface area contributed by atoms with Gasteiger partial charge in [0.05, 0.1) is 0 Å². The molecule has 1 aromatic rings. The predicted molar refractivity (Wildman–Crippen MR) is 47.3 cm³/mol. The Kier molecular flexibility index (Phi) is 3.70. The standard InChI is InChI=1S/C8H11F2N3O/c1-5-2-7(13-4-12-5)11-3-6(14)8(9)10/h2,4,6,8,14H,3H2,1H3,(H,11,12,13). The third-order valence-corrected chi connectivity index (χ3v) is 1.59. The van der Waals surface area contributed by atoms with Crippen LogP contribution in [0.2, 0.25) is 0 Å². The summed E-state index contributed by atoms with van der Waals surface area (Å²) in [4.78, 5) is 7.63. The second-order valence-corrected chi connectivity index (χ2v) is 2.83. The number of nitrogens with zero attached hydrogens (tertiary/aromatic N) is 2. The minimum atomic E-state index is -2.74. The zero-order valence-corrected chi connectivity index (χ0v) is 7.61. The lowest BCUT2D eigenvalue weighted by molar-refractivity contribution is 0.00380. The van der Waals surface area contributed by atoms with Gasteiger partial charge < -0.3 is 10.4 Å². The fraction of sp³-hybridized carbons (Fsp3) is 0.500. The summed E-state index contributed by atoms with van der Waals surface area (Å²) in [7, 11) is 0. The molecule has 0 aliphatic heterocycles. The summed E-state index contributed by atoms with van der Waals surface area (Å²) < 4.78 is 23.8. The van der Waals surface area contributed by atoms with E-state index in [4.69, 9.17) is 5.11 Å². The number of rotatable bonds is 4. The smallest absolute Gasteiger partial charge is 0.265 e. The number of hydrogen-bond donors (Lipinski definition) is 2. The van der Waals surface area contributed by atoms with Crippen LogP contribution in [0.4, 0.5) is 14.6 Å². The molecule has 2 N–H and O–H groups in total. The van der Waals surface area contributed by atoms with Crippen molar-refractivity contribution in [2.75, 3.05) is 11.9 Å². The molecular weight excluding hydrogens is 192 g/mol. The Morgan fingerprint density at radius 1 is 1.50 bits per heavy atom. The van der Waals surface area contributed by atoms with Crippen LogP contribution in [0.1, 0.15) is 5.69 Å². The maximum absolute atomic E-state index is 11.9. The van der Waals surface area contributed by atoms with Crippen LogP contribution in [0, 0.1) is 6.92 Å². The molecule has 6 heteroatoms.